The summed E-state index contributed by atoms with van der Waals surface area (Å²) >= 11 is 0. The zero-order valence-electron chi connectivity index (χ0n) is 14.9. The summed E-state index contributed by atoms with van der Waals surface area (Å²) in [5, 5.41) is 9.64. The Hall–Kier alpha value is -2.15. The maximum absolute atomic E-state index is 10.9. The van der Waals surface area contributed by atoms with Gasteiger partial charge in [-0.25, -0.2) is 0 Å². The van der Waals surface area contributed by atoms with Crippen LogP contribution in [-0.2, 0) is 9.53 Å². The minimum absolute atomic E-state index is 0.211. The van der Waals surface area contributed by atoms with Crippen molar-refractivity contribution in [1.29, 1.82) is 0 Å². The average Bonchev–Trinajstić information content (AvgIpc) is 2.59. The number of ether oxygens (including phenoxy) is 1. The number of carbonyl (C=O) groups is 1. The molecule has 0 aliphatic rings. The third-order valence-electron chi connectivity index (χ3n) is 3.03. The summed E-state index contributed by atoms with van der Waals surface area (Å²) < 4.78 is 4.54. The molecule has 0 amide bonds. The van der Waals surface area contributed by atoms with Crippen molar-refractivity contribution < 1.29 is 14.6 Å². The molecule has 0 radical (unpaired) electrons. The predicted octanol–water partition coefficient (Wildman–Crippen LogP) is 3.62. The topological polar surface area (TPSA) is 46.5 Å². The van der Waals surface area contributed by atoms with Crippen molar-refractivity contribution >= 4 is 5.97 Å². The Morgan fingerprint density at radius 2 is 1.83 bits per heavy atom. The normalized spacial score (nSPS) is 10.6. The van der Waals surface area contributed by atoms with Crippen molar-refractivity contribution in [2.24, 2.45) is 0 Å². The lowest BCUT2D eigenvalue weighted by molar-refractivity contribution is -0.140. The molecule has 0 aliphatic heterocycles. The van der Waals surface area contributed by atoms with Gasteiger partial charge in [-0.05, 0) is 18.9 Å². The first kappa shape index (κ1) is 21.9. The Balaban J connectivity index is 3.78. The van der Waals surface area contributed by atoms with Crippen molar-refractivity contribution in [3.05, 3.63) is 12.2 Å². The molecular weight excluding hydrogens is 300 g/mol. The summed E-state index contributed by atoms with van der Waals surface area (Å²) in [6.07, 6.45) is 10.1. The Morgan fingerprint density at radius 3 is 2.58 bits per heavy atom. The molecule has 3 nitrogen and oxygen atoms in total. The van der Waals surface area contributed by atoms with Crippen molar-refractivity contribution in [3.63, 3.8) is 0 Å². The van der Waals surface area contributed by atoms with Crippen LogP contribution in [0.3, 0.4) is 0 Å². The van der Waals surface area contributed by atoms with Gasteiger partial charge in [-0.15, -0.1) is 11.8 Å². The van der Waals surface area contributed by atoms with Crippen LogP contribution in [0.2, 0.25) is 0 Å². The first-order valence-electron chi connectivity index (χ1n) is 8.52. The van der Waals surface area contributed by atoms with E-state index >= 15 is 0 Å². The molecule has 0 heterocycles. The highest BCUT2D eigenvalue weighted by molar-refractivity contribution is 5.69. The van der Waals surface area contributed by atoms with Gasteiger partial charge in [-0.2, -0.15) is 0 Å². The Morgan fingerprint density at radius 1 is 1.08 bits per heavy atom. The van der Waals surface area contributed by atoms with E-state index in [2.05, 4.69) is 47.2 Å². The van der Waals surface area contributed by atoms with E-state index in [1.54, 1.807) is 6.08 Å². The molecule has 0 fully saturated rings. The molecule has 0 aromatic carbocycles. The number of carbonyl (C=O) groups excluding carboxylic acids is 1. The molecule has 0 aromatic rings. The monoisotopic (exact) mass is 328 g/mol. The van der Waals surface area contributed by atoms with E-state index < -0.39 is 6.10 Å². The average molecular weight is 328 g/mol. The standard InChI is InChI=1S/C21H28O3/c1-3-4-5-6-7-8-11-14-17-20(22)18-15-12-9-10-13-16-19-21(23)24-2/h14,17,20,22H,3-6,11-13,16,19H2,1-2H3/b17-14+. The Bertz CT molecular complexity index is 541. The molecule has 130 valence electrons. The van der Waals surface area contributed by atoms with Gasteiger partial charge in [0.05, 0.1) is 13.5 Å². The number of aliphatic hydroxyl groups excluding tert-OH is 1. The molecule has 0 bridgehead atoms. The van der Waals surface area contributed by atoms with Gasteiger partial charge in [0.25, 0.3) is 0 Å². The van der Waals surface area contributed by atoms with Gasteiger partial charge in [0.15, 0.2) is 0 Å². The summed E-state index contributed by atoms with van der Waals surface area (Å²) in [4.78, 5) is 10.9. The zero-order chi connectivity index (χ0) is 17.9. The highest BCUT2D eigenvalue weighted by Gasteiger charge is 1.96. The van der Waals surface area contributed by atoms with Gasteiger partial charge in [0, 0.05) is 25.7 Å². The van der Waals surface area contributed by atoms with Gasteiger partial charge >= 0.3 is 5.97 Å². The molecule has 0 spiro atoms. The maximum Gasteiger partial charge on any atom is 0.305 e. The number of hydrogen-bond acceptors (Lipinski definition) is 3. The number of methoxy groups -OCH3 is 1. The van der Waals surface area contributed by atoms with Crippen LogP contribution in [0.5, 0.6) is 0 Å². The lowest BCUT2D eigenvalue weighted by Crippen LogP contribution is -1.98. The van der Waals surface area contributed by atoms with Gasteiger partial charge in [0.1, 0.15) is 6.10 Å². The molecule has 1 atom stereocenters. The third kappa shape index (κ3) is 16.2. The molecule has 3 heteroatoms. The molecule has 0 aliphatic carbocycles. The molecule has 0 rings (SSSR count). The molecule has 0 saturated heterocycles. The first-order valence-corrected chi connectivity index (χ1v) is 8.52. The smallest absolute Gasteiger partial charge is 0.305 e. The second kappa shape index (κ2) is 17.2. The van der Waals surface area contributed by atoms with Crippen LogP contribution in [0.4, 0.5) is 0 Å². The summed E-state index contributed by atoms with van der Waals surface area (Å²) in [6.45, 7) is 2.18. The van der Waals surface area contributed by atoms with Gasteiger partial charge in [-0.1, -0.05) is 49.5 Å². The quantitative estimate of drug-likeness (QED) is 0.320. The molecule has 1 unspecified atom stereocenters. The molecular formula is C21H28O3. The minimum Gasteiger partial charge on any atom is -0.469 e. The molecule has 0 aromatic heterocycles. The van der Waals surface area contributed by atoms with E-state index in [0.29, 0.717) is 32.1 Å². The lowest BCUT2D eigenvalue weighted by atomic mass is 10.2. The van der Waals surface area contributed by atoms with E-state index in [4.69, 9.17) is 0 Å². The fraction of sp³-hybridized carbons (Fsp3) is 0.571. The summed E-state index contributed by atoms with van der Waals surface area (Å²) in [6, 6.07) is 0. The van der Waals surface area contributed by atoms with E-state index in [1.807, 2.05) is 6.08 Å². The van der Waals surface area contributed by atoms with Crippen LogP contribution in [0, 0.1) is 35.5 Å². The number of unbranched alkanes of at least 4 members (excludes halogenated alkanes) is 4. The summed E-state index contributed by atoms with van der Waals surface area (Å²) in [7, 11) is 1.38. The number of rotatable bonds is 8. The van der Waals surface area contributed by atoms with Crippen LogP contribution < -0.4 is 0 Å². The molecule has 0 saturated carbocycles. The first-order chi connectivity index (χ1) is 11.7. The SMILES string of the molecule is CCCCCC#CC/C=C/C(O)C#CCC#CCCCC(=O)OC. The van der Waals surface area contributed by atoms with E-state index in [-0.39, 0.29) is 5.97 Å². The lowest BCUT2D eigenvalue weighted by Gasteiger charge is -1.94. The highest BCUT2D eigenvalue weighted by Crippen LogP contribution is 1.97. The number of esters is 1. The van der Waals surface area contributed by atoms with E-state index in [1.165, 1.54) is 20.0 Å². The summed E-state index contributed by atoms with van der Waals surface area (Å²) in [5.41, 5.74) is 0. The van der Waals surface area contributed by atoms with E-state index in [0.717, 1.165) is 12.8 Å². The van der Waals surface area contributed by atoms with Crippen molar-refractivity contribution in [2.45, 2.75) is 70.8 Å². The van der Waals surface area contributed by atoms with Crippen LogP contribution in [-0.4, -0.2) is 24.3 Å². The molecule has 24 heavy (non-hydrogen) atoms. The maximum atomic E-state index is 10.9. The van der Waals surface area contributed by atoms with Crippen LogP contribution >= 0.6 is 0 Å². The van der Waals surface area contributed by atoms with Crippen molar-refractivity contribution in [1.82, 2.24) is 0 Å². The van der Waals surface area contributed by atoms with E-state index in [9.17, 15) is 9.90 Å². The largest absolute Gasteiger partial charge is 0.469 e. The predicted molar refractivity (Wildman–Crippen MR) is 97.7 cm³/mol. The fourth-order valence-corrected chi connectivity index (χ4v) is 1.70. The minimum atomic E-state index is -0.770. The molecule has 1 N–H and O–H groups in total. The number of hydrogen-bond donors (Lipinski definition) is 1. The number of aliphatic hydroxyl groups is 1. The van der Waals surface area contributed by atoms with Crippen molar-refractivity contribution in [3.8, 4) is 35.5 Å². The summed E-state index contributed by atoms with van der Waals surface area (Å²) in [5.74, 6) is 17.3. The van der Waals surface area contributed by atoms with Crippen molar-refractivity contribution in [2.75, 3.05) is 7.11 Å². The van der Waals surface area contributed by atoms with Crippen LogP contribution in [0.25, 0.3) is 0 Å². The number of allylic oxidation sites excluding steroid dienone is 1. The third-order valence-corrected chi connectivity index (χ3v) is 3.03. The second-order valence-electron chi connectivity index (χ2n) is 5.17. The van der Waals surface area contributed by atoms with Crippen LogP contribution in [0.15, 0.2) is 12.2 Å². The fourth-order valence-electron chi connectivity index (χ4n) is 1.70. The van der Waals surface area contributed by atoms with Gasteiger partial charge < -0.3 is 9.84 Å². The van der Waals surface area contributed by atoms with Gasteiger partial charge in [0.2, 0.25) is 0 Å². The highest BCUT2D eigenvalue weighted by atomic mass is 16.5. The second-order valence-corrected chi connectivity index (χ2v) is 5.17. The van der Waals surface area contributed by atoms with Gasteiger partial charge in [-0.3, -0.25) is 4.79 Å². The Labute approximate surface area is 146 Å². The zero-order valence-corrected chi connectivity index (χ0v) is 14.9. The Kier molecular flexibility index (Phi) is 15.7. The van der Waals surface area contributed by atoms with Crippen LogP contribution in [0.1, 0.15) is 64.7 Å².